The fourth-order valence-corrected chi connectivity index (χ4v) is 3.74. The number of carbonyl (C=O) groups is 1. The third-order valence-electron chi connectivity index (χ3n) is 5.36. The minimum absolute atomic E-state index is 0.0294. The molecule has 0 aromatic heterocycles. The van der Waals surface area contributed by atoms with E-state index >= 15 is 0 Å². The van der Waals surface area contributed by atoms with Crippen LogP contribution in [0, 0.1) is 31.1 Å². The largest absolute Gasteiger partial charge is 0.326 e. The molecule has 0 spiro atoms. The van der Waals surface area contributed by atoms with Crippen LogP contribution in [0.2, 0.25) is 0 Å². The zero-order chi connectivity index (χ0) is 20.5. The number of anilines is 1. The summed E-state index contributed by atoms with van der Waals surface area (Å²) in [6.45, 7) is 8.01. The van der Waals surface area contributed by atoms with Gasteiger partial charge in [0.05, 0.1) is 17.3 Å². The highest BCUT2D eigenvalue weighted by atomic mass is 35.5. The zero-order valence-corrected chi connectivity index (χ0v) is 17.8. The molecule has 0 aliphatic heterocycles. The number of nitrogens with zero attached hydrogens (tertiary/aromatic N) is 2. The van der Waals surface area contributed by atoms with E-state index in [9.17, 15) is 4.79 Å². The number of allylic oxidation sites excluding steroid dienone is 1. The summed E-state index contributed by atoms with van der Waals surface area (Å²) < 4.78 is 0.202. The van der Waals surface area contributed by atoms with E-state index in [0.717, 1.165) is 28.2 Å². The predicted molar refractivity (Wildman–Crippen MR) is 116 cm³/mol. The lowest BCUT2D eigenvalue weighted by molar-refractivity contribution is -0.118. The number of carbonyl (C=O) groups excluding carboxylic acids is 1. The van der Waals surface area contributed by atoms with Crippen LogP contribution in [0.3, 0.4) is 0 Å². The van der Waals surface area contributed by atoms with Crippen molar-refractivity contribution in [3.05, 3.63) is 64.2 Å². The number of benzene rings is 2. The molecule has 28 heavy (non-hydrogen) atoms. The lowest BCUT2D eigenvalue weighted by Gasteiger charge is -2.09. The maximum Gasteiger partial charge on any atom is 0.228 e. The third-order valence-corrected chi connectivity index (χ3v) is 5.61. The lowest BCUT2D eigenvalue weighted by atomic mass is 10.1. The Labute approximate surface area is 175 Å². The molecule has 2 aromatic rings. The zero-order valence-electron chi connectivity index (χ0n) is 16.3. The van der Waals surface area contributed by atoms with Gasteiger partial charge in [0.2, 0.25) is 5.91 Å². The second-order valence-corrected chi connectivity index (χ2v) is 8.76. The summed E-state index contributed by atoms with van der Waals surface area (Å²) in [4.78, 5) is 12.7. The molecule has 1 fully saturated rings. The molecule has 146 valence electrons. The van der Waals surface area contributed by atoms with Crippen molar-refractivity contribution >= 4 is 46.2 Å². The number of rotatable bonds is 5. The van der Waals surface area contributed by atoms with Gasteiger partial charge in [-0.2, -0.15) is 10.2 Å². The molecule has 4 nitrogen and oxygen atoms in total. The first kappa shape index (κ1) is 20.6. The van der Waals surface area contributed by atoms with E-state index in [1.54, 1.807) is 6.08 Å². The predicted octanol–water partition coefficient (Wildman–Crippen LogP) is 7.25. The van der Waals surface area contributed by atoms with E-state index in [4.69, 9.17) is 23.2 Å². The van der Waals surface area contributed by atoms with Gasteiger partial charge in [-0.25, -0.2) is 0 Å². The molecule has 1 aliphatic carbocycles. The molecule has 2 aromatic carbocycles. The van der Waals surface area contributed by atoms with Crippen LogP contribution < -0.4 is 5.32 Å². The van der Waals surface area contributed by atoms with Crippen LogP contribution in [0.25, 0.3) is 0 Å². The normalized spacial score (nSPS) is 20.1. The summed E-state index contributed by atoms with van der Waals surface area (Å²) in [6.07, 6.45) is 1.75. The SMILES string of the molecule is Cc1ccccc1N=Nc1ccc(NC(=O)[C@H]2[C@H](C=C(Cl)Cl)C2(C)C)c(C)c1. The van der Waals surface area contributed by atoms with E-state index in [1.807, 2.05) is 70.2 Å². The summed E-state index contributed by atoms with van der Waals surface area (Å²) in [5.74, 6) is -0.141. The van der Waals surface area contributed by atoms with Gasteiger partial charge in [0, 0.05) is 5.69 Å². The van der Waals surface area contributed by atoms with E-state index in [2.05, 4.69) is 15.5 Å². The van der Waals surface area contributed by atoms with Gasteiger partial charge in [-0.1, -0.05) is 55.2 Å². The number of nitrogens with one attached hydrogen (secondary N) is 1. The van der Waals surface area contributed by atoms with E-state index in [0.29, 0.717) is 0 Å². The molecule has 0 heterocycles. The molecular weight excluding hydrogens is 393 g/mol. The first-order valence-corrected chi connectivity index (χ1v) is 9.87. The molecule has 1 N–H and O–H groups in total. The molecule has 0 unspecified atom stereocenters. The van der Waals surface area contributed by atoms with E-state index in [1.165, 1.54) is 0 Å². The van der Waals surface area contributed by atoms with Crippen molar-refractivity contribution in [3.63, 3.8) is 0 Å². The van der Waals surface area contributed by atoms with Crippen LogP contribution in [-0.4, -0.2) is 5.91 Å². The average molecular weight is 416 g/mol. The average Bonchev–Trinajstić information content (AvgIpc) is 3.15. The van der Waals surface area contributed by atoms with Gasteiger partial charge < -0.3 is 5.32 Å². The number of aryl methyl sites for hydroxylation is 2. The number of halogens is 2. The number of hydrogen-bond acceptors (Lipinski definition) is 3. The second kappa shape index (κ2) is 8.06. The van der Waals surface area contributed by atoms with Crippen molar-refractivity contribution < 1.29 is 4.79 Å². The summed E-state index contributed by atoms with van der Waals surface area (Å²) in [5, 5.41) is 11.6. The number of azo groups is 1. The topological polar surface area (TPSA) is 53.8 Å². The standard InChI is InChI=1S/C22H23Cl2N3O/c1-13-7-5-6-8-18(13)27-26-15-9-10-17(14(2)11-15)25-21(28)20-16(12-19(23)24)22(20,3)4/h5-12,16,20H,1-4H3,(H,25,28)/t16-,20+/m0/s1. The lowest BCUT2D eigenvalue weighted by Crippen LogP contribution is -2.17. The minimum Gasteiger partial charge on any atom is -0.326 e. The van der Waals surface area contributed by atoms with Crippen molar-refractivity contribution in [2.24, 2.45) is 27.5 Å². The molecule has 1 amide bonds. The Hall–Kier alpha value is -2.17. The van der Waals surface area contributed by atoms with Gasteiger partial charge in [-0.05, 0) is 66.6 Å². The van der Waals surface area contributed by atoms with Crippen LogP contribution in [-0.2, 0) is 4.79 Å². The van der Waals surface area contributed by atoms with Crippen LogP contribution >= 0.6 is 23.2 Å². The molecule has 1 aliphatic rings. The Morgan fingerprint density at radius 2 is 1.79 bits per heavy atom. The monoisotopic (exact) mass is 415 g/mol. The van der Waals surface area contributed by atoms with Gasteiger partial charge in [-0.3, -0.25) is 4.79 Å². The molecule has 0 saturated heterocycles. The molecule has 0 bridgehead atoms. The highest BCUT2D eigenvalue weighted by Crippen LogP contribution is 2.60. The van der Waals surface area contributed by atoms with Crippen molar-refractivity contribution in [1.29, 1.82) is 0 Å². The Kier molecular flexibility index (Phi) is 5.92. The van der Waals surface area contributed by atoms with Gasteiger partial charge >= 0.3 is 0 Å². The van der Waals surface area contributed by atoms with Crippen molar-refractivity contribution in [3.8, 4) is 0 Å². The molecule has 0 radical (unpaired) electrons. The Bertz CT molecular complexity index is 962. The maximum atomic E-state index is 12.7. The van der Waals surface area contributed by atoms with Crippen molar-refractivity contribution in [1.82, 2.24) is 0 Å². The number of amides is 1. The highest BCUT2D eigenvalue weighted by Gasteiger charge is 2.60. The van der Waals surface area contributed by atoms with E-state index < -0.39 is 0 Å². The fourth-order valence-electron chi connectivity index (χ4n) is 3.47. The Morgan fingerprint density at radius 1 is 1.07 bits per heavy atom. The van der Waals surface area contributed by atoms with Gasteiger partial charge in [0.25, 0.3) is 0 Å². The third kappa shape index (κ3) is 4.45. The van der Waals surface area contributed by atoms with Crippen molar-refractivity contribution in [2.75, 3.05) is 5.32 Å². The first-order valence-electron chi connectivity index (χ1n) is 9.12. The summed E-state index contributed by atoms with van der Waals surface area (Å²) in [5.41, 5.74) is 4.18. The highest BCUT2D eigenvalue weighted by molar-refractivity contribution is 6.55. The summed E-state index contributed by atoms with van der Waals surface area (Å²) >= 11 is 11.5. The smallest absolute Gasteiger partial charge is 0.228 e. The van der Waals surface area contributed by atoms with E-state index in [-0.39, 0.29) is 27.6 Å². The Balaban J connectivity index is 1.71. The molecule has 6 heteroatoms. The summed E-state index contributed by atoms with van der Waals surface area (Å²) in [7, 11) is 0. The van der Waals surface area contributed by atoms with Gasteiger partial charge in [0.15, 0.2) is 0 Å². The van der Waals surface area contributed by atoms with Crippen LogP contribution in [0.4, 0.5) is 17.1 Å². The van der Waals surface area contributed by atoms with Gasteiger partial charge in [-0.15, -0.1) is 0 Å². The van der Waals surface area contributed by atoms with Gasteiger partial charge in [0.1, 0.15) is 4.49 Å². The summed E-state index contributed by atoms with van der Waals surface area (Å²) in [6, 6.07) is 13.4. The second-order valence-electron chi connectivity index (χ2n) is 7.76. The van der Waals surface area contributed by atoms with Crippen LogP contribution in [0.15, 0.2) is 63.3 Å². The first-order chi connectivity index (χ1) is 13.2. The fraction of sp³-hybridized carbons (Fsp3) is 0.318. The maximum absolute atomic E-state index is 12.7. The Morgan fingerprint density at radius 3 is 2.43 bits per heavy atom. The quantitative estimate of drug-likeness (QED) is 0.513. The molecular formula is C22H23Cl2N3O. The number of hydrogen-bond donors (Lipinski definition) is 1. The molecule has 1 saturated carbocycles. The van der Waals surface area contributed by atoms with Crippen LogP contribution in [0.1, 0.15) is 25.0 Å². The van der Waals surface area contributed by atoms with Crippen LogP contribution in [0.5, 0.6) is 0 Å². The molecule has 2 atom stereocenters. The molecule has 3 rings (SSSR count). The van der Waals surface area contributed by atoms with Crippen molar-refractivity contribution in [2.45, 2.75) is 27.7 Å². The minimum atomic E-state index is -0.158.